The zero-order chi connectivity index (χ0) is 18.4. The number of hydrogen-bond donors (Lipinski definition) is 4. The molecule has 4 N–H and O–H groups in total. The van der Waals surface area contributed by atoms with E-state index in [4.69, 9.17) is 14.6 Å². The largest absolute Gasteiger partial charge is 0.390 e. The fraction of sp³-hybridized carbons (Fsp3) is 0.533. The molecule has 136 valence electrons. The van der Waals surface area contributed by atoms with Gasteiger partial charge in [-0.25, -0.2) is 4.79 Å². The molecule has 3 atom stereocenters. The van der Waals surface area contributed by atoms with E-state index in [0.29, 0.717) is 0 Å². The van der Waals surface area contributed by atoms with Crippen LogP contribution in [-0.4, -0.2) is 64.7 Å². The Balaban J connectivity index is 2.18. The Bertz CT molecular complexity index is 789. The summed E-state index contributed by atoms with van der Waals surface area (Å²) in [6.45, 7) is -0.545. The third-order valence-electron chi connectivity index (χ3n) is 3.55. The minimum atomic E-state index is -0.799. The maximum atomic E-state index is 12.0. The van der Waals surface area contributed by atoms with Crippen molar-refractivity contribution in [2.45, 2.75) is 24.9 Å². The van der Waals surface area contributed by atoms with Gasteiger partial charge in [-0.2, -0.15) is 0 Å². The summed E-state index contributed by atoms with van der Waals surface area (Å²) in [5, 5.41) is 20.8. The van der Waals surface area contributed by atoms with Gasteiger partial charge in [-0.1, -0.05) is 11.8 Å². The van der Waals surface area contributed by atoms with Crippen molar-refractivity contribution in [1.82, 2.24) is 14.9 Å². The number of aliphatic hydroxyl groups excluding tert-OH is 2. The predicted octanol–water partition coefficient (Wildman–Crippen LogP) is -2.71. The summed E-state index contributed by atoms with van der Waals surface area (Å²) in [5.41, 5.74) is -1.35. The third kappa shape index (κ3) is 4.77. The van der Waals surface area contributed by atoms with Crippen molar-refractivity contribution >= 4 is 5.91 Å². The van der Waals surface area contributed by atoms with Gasteiger partial charge in [-0.3, -0.25) is 19.1 Å². The Morgan fingerprint density at radius 1 is 1.56 bits per heavy atom. The van der Waals surface area contributed by atoms with Crippen LogP contribution in [0.25, 0.3) is 0 Å². The number of methoxy groups -OCH3 is 1. The highest BCUT2D eigenvalue weighted by atomic mass is 16.6. The molecule has 0 spiro atoms. The normalized spacial score (nSPS) is 22.3. The first kappa shape index (κ1) is 18.9. The summed E-state index contributed by atoms with van der Waals surface area (Å²) in [7, 11) is 1.47. The second kappa shape index (κ2) is 8.59. The van der Waals surface area contributed by atoms with Gasteiger partial charge in [0.15, 0.2) is 0 Å². The Hall–Kier alpha value is -2.45. The Morgan fingerprint density at radius 3 is 3.00 bits per heavy atom. The number of rotatable bonds is 5. The van der Waals surface area contributed by atoms with Gasteiger partial charge in [-0.15, -0.1) is 0 Å². The van der Waals surface area contributed by atoms with E-state index in [1.54, 1.807) is 0 Å². The summed E-state index contributed by atoms with van der Waals surface area (Å²) >= 11 is 0. The van der Waals surface area contributed by atoms with Crippen LogP contribution in [-0.2, 0) is 14.3 Å². The molecule has 10 nitrogen and oxygen atoms in total. The Morgan fingerprint density at radius 2 is 2.32 bits per heavy atom. The van der Waals surface area contributed by atoms with Crippen molar-refractivity contribution in [3.8, 4) is 11.8 Å². The molecule has 0 bridgehead atoms. The average molecular weight is 353 g/mol. The third-order valence-corrected chi connectivity index (χ3v) is 3.55. The van der Waals surface area contributed by atoms with Crippen LogP contribution in [0.5, 0.6) is 0 Å². The molecule has 1 aromatic heterocycles. The maximum absolute atomic E-state index is 12.0. The van der Waals surface area contributed by atoms with Gasteiger partial charge < -0.3 is 25.0 Å². The number of carbonyl (C=O) groups excluding carboxylic acids is 1. The lowest BCUT2D eigenvalue weighted by molar-refractivity contribution is -0.123. The van der Waals surface area contributed by atoms with E-state index in [1.165, 1.54) is 13.3 Å². The van der Waals surface area contributed by atoms with Crippen LogP contribution in [0.15, 0.2) is 15.8 Å². The Kier molecular flexibility index (Phi) is 6.49. The quantitative estimate of drug-likeness (QED) is 0.422. The fourth-order valence-electron chi connectivity index (χ4n) is 2.33. The minimum absolute atomic E-state index is 0.00567. The Labute approximate surface area is 142 Å². The van der Waals surface area contributed by atoms with Crippen LogP contribution in [0.1, 0.15) is 18.2 Å². The van der Waals surface area contributed by atoms with E-state index in [9.17, 15) is 19.5 Å². The van der Waals surface area contributed by atoms with Crippen molar-refractivity contribution in [2.24, 2.45) is 0 Å². The molecule has 1 unspecified atom stereocenters. The first-order chi connectivity index (χ1) is 12.0. The molecule has 1 saturated heterocycles. The summed E-state index contributed by atoms with van der Waals surface area (Å²) in [6.07, 6.45) is -0.716. The van der Waals surface area contributed by atoms with Crippen molar-refractivity contribution in [3.63, 3.8) is 0 Å². The highest BCUT2D eigenvalue weighted by Crippen LogP contribution is 2.27. The molecule has 2 heterocycles. The zero-order valence-corrected chi connectivity index (χ0v) is 13.5. The van der Waals surface area contributed by atoms with Gasteiger partial charge in [0.05, 0.1) is 19.3 Å². The second-order valence-electron chi connectivity index (χ2n) is 5.33. The second-order valence-corrected chi connectivity index (χ2v) is 5.33. The van der Waals surface area contributed by atoms with Crippen LogP contribution in [0.3, 0.4) is 0 Å². The number of aliphatic hydroxyl groups is 2. The summed E-state index contributed by atoms with van der Waals surface area (Å²) < 4.78 is 11.7. The van der Waals surface area contributed by atoms with E-state index >= 15 is 0 Å². The van der Waals surface area contributed by atoms with Gasteiger partial charge in [0.1, 0.15) is 24.5 Å². The number of amides is 1. The molecule has 10 heteroatoms. The zero-order valence-electron chi connectivity index (χ0n) is 13.5. The monoisotopic (exact) mass is 353 g/mol. The lowest BCUT2D eigenvalue weighted by atomic mass is 10.2. The molecule has 0 aliphatic carbocycles. The van der Waals surface area contributed by atoms with Gasteiger partial charge in [0.2, 0.25) is 5.91 Å². The lowest BCUT2D eigenvalue weighted by Gasteiger charge is -2.15. The smallest absolute Gasteiger partial charge is 0.330 e. The summed E-state index contributed by atoms with van der Waals surface area (Å²) in [4.78, 5) is 36.8. The molecule has 2 rings (SSSR count). The van der Waals surface area contributed by atoms with Gasteiger partial charge in [0.25, 0.3) is 5.56 Å². The number of nitrogens with zero attached hydrogens (tertiary/aromatic N) is 1. The van der Waals surface area contributed by atoms with Crippen molar-refractivity contribution in [3.05, 3.63) is 32.6 Å². The molecule has 0 aromatic carbocycles. The predicted molar refractivity (Wildman–Crippen MR) is 84.7 cm³/mol. The topological polar surface area (TPSA) is 143 Å². The van der Waals surface area contributed by atoms with Crippen LogP contribution >= 0.6 is 0 Å². The van der Waals surface area contributed by atoms with Gasteiger partial charge in [0, 0.05) is 19.7 Å². The minimum Gasteiger partial charge on any atom is -0.390 e. The standard InChI is InChI=1S/C15H19N3O7/c1-24-8-11-10(20)5-13(25-11)18-6-9(14(22)17-15(18)23)3-2-4-16-12(21)7-19/h6,10-11,13,19-20H,4-5,7-8H2,1H3,(H,16,21)(H,17,22,23)/t10-,11?,13-/m1/s1. The van der Waals surface area contributed by atoms with E-state index < -0.39 is 42.2 Å². The molecule has 1 amide bonds. The molecular formula is C15H19N3O7. The molecule has 0 saturated carbocycles. The number of ether oxygens (including phenoxy) is 2. The van der Waals surface area contributed by atoms with E-state index in [-0.39, 0.29) is 25.1 Å². The number of H-pyrrole nitrogens is 1. The number of aromatic nitrogens is 2. The van der Waals surface area contributed by atoms with Crippen molar-refractivity contribution in [2.75, 3.05) is 26.9 Å². The van der Waals surface area contributed by atoms with Crippen LogP contribution in [0, 0.1) is 11.8 Å². The average Bonchev–Trinajstić information content (AvgIpc) is 2.94. The summed E-state index contributed by atoms with van der Waals surface area (Å²) in [5.74, 6) is 4.49. The van der Waals surface area contributed by atoms with Crippen molar-refractivity contribution < 1.29 is 24.5 Å². The number of nitrogens with one attached hydrogen (secondary N) is 2. The summed E-state index contributed by atoms with van der Waals surface area (Å²) in [6, 6.07) is 0. The molecule has 0 radical (unpaired) electrons. The van der Waals surface area contributed by atoms with E-state index in [2.05, 4.69) is 22.1 Å². The first-order valence-electron chi connectivity index (χ1n) is 7.50. The highest BCUT2D eigenvalue weighted by Gasteiger charge is 2.35. The molecule has 1 aromatic rings. The van der Waals surface area contributed by atoms with Gasteiger partial charge >= 0.3 is 5.69 Å². The number of aromatic amines is 1. The van der Waals surface area contributed by atoms with E-state index in [1.807, 2.05) is 0 Å². The lowest BCUT2D eigenvalue weighted by Crippen LogP contribution is -2.34. The fourth-order valence-corrected chi connectivity index (χ4v) is 2.33. The molecule has 25 heavy (non-hydrogen) atoms. The van der Waals surface area contributed by atoms with Crippen molar-refractivity contribution in [1.29, 1.82) is 0 Å². The van der Waals surface area contributed by atoms with Gasteiger partial charge in [-0.05, 0) is 0 Å². The number of carbonyl (C=O) groups is 1. The molecular weight excluding hydrogens is 334 g/mol. The highest BCUT2D eigenvalue weighted by molar-refractivity contribution is 5.77. The SMILES string of the molecule is COCC1O[C@@H](n2cc(C#CCNC(=O)CO)c(=O)[nH]c2=O)C[C@H]1O. The van der Waals surface area contributed by atoms with Crippen LogP contribution in [0.4, 0.5) is 0 Å². The maximum Gasteiger partial charge on any atom is 0.330 e. The van der Waals surface area contributed by atoms with Crippen LogP contribution < -0.4 is 16.6 Å². The molecule has 1 fully saturated rings. The molecule has 1 aliphatic heterocycles. The van der Waals surface area contributed by atoms with E-state index in [0.717, 1.165) is 4.57 Å². The van der Waals surface area contributed by atoms with Crippen LogP contribution in [0.2, 0.25) is 0 Å². The molecule has 1 aliphatic rings. The number of hydrogen-bond acceptors (Lipinski definition) is 7. The first-order valence-corrected chi connectivity index (χ1v) is 7.50.